The van der Waals surface area contributed by atoms with Crippen LogP contribution in [0.5, 0.6) is 0 Å². The van der Waals surface area contributed by atoms with E-state index in [-0.39, 0.29) is 11.3 Å². The number of esters is 1. The lowest BCUT2D eigenvalue weighted by molar-refractivity contribution is -0.149. The SMILES string of the molecule is O=C1O[C@@H](c2ccccc2)C(=C(O)c2ccc(Cl)cc2)C1=O. The monoisotopic (exact) mass is 314 g/mol. The van der Waals surface area contributed by atoms with Crippen molar-refractivity contribution < 1.29 is 19.4 Å². The fraction of sp³-hybridized carbons (Fsp3) is 0.0588. The lowest BCUT2D eigenvalue weighted by Gasteiger charge is -2.12. The van der Waals surface area contributed by atoms with E-state index in [9.17, 15) is 14.7 Å². The molecule has 1 aliphatic heterocycles. The number of carbonyl (C=O) groups is 2. The van der Waals surface area contributed by atoms with Gasteiger partial charge >= 0.3 is 5.97 Å². The highest BCUT2D eigenvalue weighted by Gasteiger charge is 2.42. The summed E-state index contributed by atoms with van der Waals surface area (Å²) in [6.45, 7) is 0. The largest absolute Gasteiger partial charge is 0.507 e. The van der Waals surface area contributed by atoms with Gasteiger partial charge in [0.2, 0.25) is 0 Å². The summed E-state index contributed by atoms with van der Waals surface area (Å²) in [5, 5.41) is 10.9. The first-order valence-corrected chi connectivity index (χ1v) is 6.95. The van der Waals surface area contributed by atoms with Crippen LogP contribution in [0.4, 0.5) is 0 Å². The maximum Gasteiger partial charge on any atom is 0.380 e. The summed E-state index contributed by atoms with van der Waals surface area (Å²) in [5.74, 6) is -2.08. The fourth-order valence-electron chi connectivity index (χ4n) is 2.31. The van der Waals surface area contributed by atoms with Gasteiger partial charge in [0.15, 0.2) is 6.10 Å². The molecule has 0 aromatic heterocycles. The Labute approximate surface area is 131 Å². The van der Waals surface area contributed by atoms with Crippen LogP contribution >= 0.6 is 11.6 Å². The number of hydrogen-bond donors (Lipinski definition) is 1. The van der Waals surface area contributed by atoms with Gasteiger partial charge in [0.25, 0.3) is 5.78 Å². The van der Waals surface area contributed by atoms with Gasteiger partial charge in [-0.1, -0.05) is 41.9 Å². The lowest BCUT2D eigenvalue weighted by Crippen LogP contribution is -2.08. The van der Waals surface area contributed by atoms with Gasteiger partial charge in [0.1, 0.15) is 5.76 Å². The Morgan fingerprint density at radius 1 is 1.00 bits per heavy atom. The Bertz CT molecular complexity index is 763. The molecule has 0 spiro atoms. The van der Waals surface area contributed by atoms with E-state index < -0.39 is 17.9 Å². The van der Waals surface area contributed by atoms with Crippen LogP contribution in [0, 0.1) is 0 Å². The maximum absolute atomic E-state index is 12.1. The van der Waals surface area contributed by atoms with Crippen LogP contribution < -0.4 is 0 Å². The normalized spacial score (nSPS) is 20.0. The van der Waals surface area contributed by atoms with Crippen LogP contribution in [-0.2, 0) is 14.3 Å². The standard InChI is InChI=1S/C17H11ClO4/c18-12-8-6-10(7-9-12)14(19)13-15(20)17(21)22-16(13)11-4-2-1-3-5-11/h1-9,16,19H/t16-/m0/s1. The number of ketones is 1. The number of halogens is 1. The fourth-order valence-corrected chi connectivity index (χ4v) is 2.43. The summed E-state index contributed by atoms with van der Waals surface area (Å²) in [5.41, 5.74) is 0.961. The molecule has 1 aliphatic rings. The number of cyclic esters (lactones) is 1. The molecule has 0 amide bonds. The first-order chi connectivity index (χ1) is 10.6. The molecule has 0 bridgehead atoms. The zero-order valence-corrected chi connectivity index (χ0v) is 12.1. The average molecular weight is 315 g/mol. The van der Waals surface area contributed by atoms with Crippen LogP contribution in [-0.4, -0.2) is 16.9 Å². The Morgan fingerprint density at radius 3 is 2.27 bits per heavy atom. The second-order valence-electron chi connectivity index (χ2n) is 4.79. The molecule has 0 radical (unpaired) electrons. The topological polar surface area (TPSA) is 63.6 Å². The summed E-state index contributed by atoms with van der Waals surface area (Å²) in [7, 11) is 0. The van der Waals surface area contributed by atoms with E-state index in [4.69, 9.17) is 16.3 Å². The predicted molar refractivity (Wildman–Crippen MR) is 81.3 cm³/mol. The Morgan fingerprint density at radius 2 is 1.64 bits per heavy atom. The van der Waals surface area contributed by atoms with Crippen molar-refractivity contribution in [1.29, 1.82) is 0 Å². The van der Waals surface area contributed by atoms with Crippen molar-refractivity contribution >= 4 is 29.1 Å². The van der Waals surface area contributed by atoms with E-state index >= 15 is 0 Å². The van der Waals surface area contributed by atoms with Crippen molar-refractivity contribution in [3.63, 3.8) is 0 Å². The van der Waals surface area contributed by atoms with Gasteiger partial charge in [-0.15, -0.1) is 0 Å². The molecule has 0 aliphatic carbocycles. The number of benzene rings is 2. The van der Waals surface area contributed by atoms with Crippen LogP contribution in [0.1, 0.15) is 17.2 Å². The number of hydrogen-bond acceptors (Lipinski definition) is 4. The van der Waals surface area contributed by atoms with E-state index in [1.165, 1.54) is 0 Å². The highest BCUT2D eigenvalue weighted by molar-refractivity contribution is 6.44. The molecule has 22 heavy (non-hydrogen) atoms. The number of ether oxygens (including phenoxy) is 1. The van der Waals surface area contributed by atoms with Gasteiger partial charge in [-0.25, -0.2) is 4.79 Å². The van der Waals surface area contributed by atoms with Crippen LogP contribution in [0.25, 0.3) is 5.76 Å². The van der Waals surface area contributed by atoms with Crippen molar-refractivity contribution in [2.24, 2.45) is 0 Å². The minimum absolute atomic E-state index is 0.0569. The first kappa shape index (κ1) is 14.4. The molecule has 110 valence electrons. The van der Waals surface area contributed by atoms with E-state index in [1.54, 1.807) is 48.5 Å². The third-order valence-electron chi connectivity index (χ3n) is 3.39. The van der Waals surface area contributed by atoms with Crippen molar-refractivity contribution in [2.45, 2.75) is 6.10 Å². The summed E-state index contributed by atoms with van der Waals surface area (Å²) in [4.78, 5) is 23.7. The molecule has 5 heteroatoms. The quantitative estimate of drug-likeness (QED) is 0.399. The molecule has 1 saturated heterocycles. The Balaban J connectivity index is 2.11. The number of Topliss-reactive ketones (excluding diaryl/α,β-unsaturated/α-hetero) is 1. The second kappa shape index (κ2) is 5.66. The third kappa shape index (κ3) is 2.49. The lowest BCUT2D eigenvalue weighted by atomic mass is 9.97. The van der Waals surface area contributed by atoms with Gasteiger partial charge < -0.3 is 9.84 Å². The average Bonchev–Trinajstić information content (AvgIpc) is 2.84. The van der Waals surface area contributed by atoms with Gasteiger partial charge in [-0.3, -0.25) is 4.79 Å². The summed E-state index contributed by atoms with van der Waals surface area (Å²) in [6.07, 6.45) is -0.906. The molecule has 1 fully saturated rings. The first-order valence-electron chi connectivity index (χ1n) is 6.57. The molecule has 1 heterocycles. The zero-order chi connectivity index (χ0) is 15.7. The van der Waals surface area contributed by atoms with Crippen LogP contribution in [0.15, 0.2) is 60.2 Å². The maximum atomic E-state index is 12.1. The molecular formula is C17H11ClO4. The highest BCUT2D eigenvalue weighted by Crippen LogP contribution is 2.36. The molecule has 1 N–H and O–H groups in total. The van der Waals surface area contributed by atoms with Gasteiger partial charge in [-0.2, -0.15) is 0 Å². The van der Waals surface area contributed by atoms with Gasteiger partial charge in [0.05, 0.1) is 5.57 Å². The van der Waals surface area contributed by atoms with Crippen molar-refractivity contribution in [1.82, 2.24) is 0 Å². The number of aliphatic hydroxyl groups excluding tert-OH is 1. The van der Waals surface area contributed by atoms with Crippen LogP contribution in [0.2, 0.25) is 5.02 Å². The molecule has 2 aromatic carbocycles. The van der Waals surface area contributed by atoms with Crippen molar-refractivity contribution in [3.8, 4) is 0 Å². The highest BCUT2D eigenvalue weighted by atomic mass is 35.5. The number of rotatable bonds is 2. The summed E-state index contributed by atoms with van der Waals surface area (Å²) in [6, 6.07) is 15.1. The minimum Gasteiger partial charge on any atom is -0.507 e. The zero-order valence-electron chi connectivity index (χ0n) is 11.3. The molecule has 0 unspecified atom stereocenters. The molecule has 0 saturated carbocycles. The third-order valence-corrected chi connectivity index (χ3v) is 3.64. The predicted octanol–water partition coefficient (Wildman–Crippen LogP) is 3.48. The molecule has 3 rings (SSSR count). The molecule has 2 aromatic rings. The smallest absolute Gasteiger partial charge is 0.380 e. The number of carbonyl (C=O) groups excluding carboxylic acids is 2. The molecular weight excluding hydrogens is 304 g/mol. The molecule has 1 atom stereocenters. The van der Waals surface area contributed by atoms with E-state index in [0.717, 1.165) is 0 Å². The van der Waals surface area contributed by atoms with Crippen molar-refractivity contribution in [3.05, 3.63) is 76.3 Å². The van der Waals surface area contributed by atoms with E-state index in [0.29, 0.717) is 16.1 Å². The Kier molecular flexibility index (Phi) is 3.69. The summed E-state index contributed by atoms with van der Waals surface area (Å²) < 4.78 is 5.11. The van der Waals surface area contributed by atoms with Crippen LogP contribution in [0.3, 0.4) is 0 Å². The second-order valence-corrected chi connectivity index (χ2v) is 5.23. The summed E-state index contributed by atoms with van der Waals surface area (Å²) >= 11 is 5.81. The molecule has 4 nitrogen and oxygen atoms in total. The van der Waals surface area contributed by atoms with E-state index in [2.05, 4.69) is 0 Å². The van der Waals surface area contributed by atoms with Gasteiger partial charge in [-0.05, 0) is 29.8 Å². The van der Waals surface area contributed by atoms with Gasteiger partial charge in [0, 0.05) is 10.6 Å². The van der Waals surface area contributed by atoms with E-state index in [1.807, 2.05) is 6.07 Å². The Hall–Kier alpha value is -2.59. The van der Waals surface area contributed by atoms with Crippen molar-refractivity contribution in [2.75, 3.05) is 0 Å². The number of aliphatic hydroxyl groups is 1. The minimum atomic E-state index is -0.968.